The molecule has 8 nitrogen and oxygen atoms in total. The molecule has 1 amide bonds. The molecule has 0 aliphatic carbocycles. The Bertz CT molecular complexity index is 1010. The van der Waals surface area contributed by atoms with Crippen molar-refractivity contribution in [3.05, 3.63) is 54.1 Å². The number of nitrogens with one attached hydrogen (secondary N) is 1. The van der Waals surface area contributed by atoms with Gasteiger partial charge in [-0.15, -0.1) is 0 Å². The Kier molecular flexibility index (Phi) is 7.29. The summed E-state index contributed by atoms with van der Waals surface area (Å²) < 4.78 is 37.1. The molecule has 1 heterocycles. The third-order valence-electron chi connectivity index (χ3n) is 5.19. The maximum absolute atomic E-state index is 12.8. The Morgan fingerprint density at radius 2 is 1.65 bits per heavy atom. The summed E-state index contributed by atoms with van der Waals surface area (Å²) in [5, 5.41) is 2.83. The second kappa shape index (κ2) is 9.93. The number of carbonyl (C=O) groups is 2. The summed E-state index contributed by atoms with van der Waals surface area (Å²) in [4.78, 5) is 24.5. The molecule has 0 unspecified atom stereocenters. The minimum atomic E-state index is -3.61. The van der Waals surface area contributed by atoms with Crippen molar-refractivity contribution in [3.8, 4) is 5.75 Å². The highest BCUT2D eigenvalue weighted by molar-refractivity contribution is 7.89. The molecular formula is C22H26N2O6S. The molecule has 3 rings (SSSR count). The van der Waals surface area contributed by atoms with Crippen LogP contribution in [0.2, 0.25) is 0 Å². The van der Waals surface area contributed by atoms with Crippen LogP contribution in [0.15, 0.2) is 53.4 Å². The van der Waals surface area contributed by atoms with Gasteiger partial charge in [-0.1, -0.05) is 0 Å². The molecule has 2 aromatic carbocycles. The summed E-state index contributed by atoms with van der Waals surface area (Å²) in [5.74, 6) is -0.270. The minimum absolute atomic E-state index is 0.162. The average molecular weight is 447 g/mol. The number of hydrogen-bond donors (Lipinski definition) is 1. The molecule has 0 atom stereocenters. The number of ether oxygens (including phenoxy) is 2. The zero-order valence-corrected chi connectivity index (χ0v) is 18.4. The third-order valence-corrected chi connectivity index (χ3v) is 7.10. The smallest absolute Gasteiger partial charge is 0.338 e. The lowest BCUT2D eigenvalue weighted by Crippen LogP contribution is -2.41. The van der Waals surface area contributed by atoms with E-state index in [0.29, 0.717) is 36.4 Å². The maximum Gasteiger partial charge on any atom is 0.338 e. The Labute approximate surface area is 182 Å². The zero-order valence-electron chi connectivity index (χ0n) is 17.5. The molecule has 0 saturated carbocycles. The van der Waals surface area contributed by atoms with Gasteiger partial charge in [0.25, 0.3) is 0 Å². The van der Waals surface area contributed by atoms with Gasteiger partial charge in [0.15, 0.2) is 0 Å². The van der Waals surface area contributed by atoms with E-state index in [0.717, 1.165) is 0 Å². The predicted octanol–water partition coefficient (Wildman–Crippen LogP) is 2.91. The van der Waals surface area contributed by atoms with Crippen LogP contribution >= 0.6 is 0 Å². The van der Waals surface area contributed by atoms with Crippen molar-refractivity contribution in [2.75, 3.05) is 32.1 Å². The minimum Gasteiger partial charge on any atom is -0.497 e. The SMILES string of the molecule is CCOC(=O)c1ccc(NC(=O)C2CCN(S(=O)(=O)c3ccc(OC)cc3)CC2)cc1. The first kappa shape index (κ1) is 22.8. The van der Waals surface area contributed by atoms with Gasteiger partial charge >= 0.3 is 5.97 Å². The lowest BCUT2D eigenvalue weighted by Gasteiger charge is -2.30. The number of esters is 1. The number of sulfonamides is 1. The highest BCUT2D eigenvalue weighted by atomic mass is 32.2. The van der Waals surface area contributed by atoms with Crippen LogP contribution in [0.1, 0.15) is 30.1 Å². The molecule has 1 saturated heterocycles. The molecule has 31 heavy (non-hydrogen) atoms. The van der Waals surface area contributed by atoms with Crippen molar-refractivity contribution < 1.29 is 27.5 Å². The molecule has 2 aromatic rings. The van der Waals surface area contributed by atoms with E-state index < -0.39 is 16.0 Å². The molecule has 9 heteroatoms. The van der Waals surface area contributed by atoms with Gasteiger partial charge in [-0.25, -0.2) is 13.2 Å². The summed E-state index contributed by atoms with van der Waals surface area (Å²) in [6, 6.07) is 12.7. The molecule has 1 aliphatic rings. The number of methoxy groups -OCH3 is 1. The highest BCUT2D eigenvalue weighted by Gasteiger charge is 2.32. The van der Waals surface area contributed by atoms with Crippen molar-refractivity contribution in [2.24, 2.45) is 5.92 Å². The van der Waals surface area contributed by atoms with Crippen molar-refractivity contribution in [1.29, 1.82) is 0 Å². The monoisotopic (exact) mass is 446 g/mol. The number of benzene rings is 2. The standard InChI is InChI=1S/C22H26N2O6S/c1-3-30-22(26)17-4-6-18(7-5-17)23-21(25)16-12-14-24(15-13-16)31(27,28)20-10-8-19(29-2)9-11-20/h4-11,16H,3,12-15H2,1-2H3,(H,23,25). The first-order valence-electron chi connectivity index (χ1n) is 10.1. The fourth-order valence-electron chi connectivity index (χ4n) is 3.40. The first-order valence-corrected chi connectivity index (χ1v) is 11.5. The second-order valence-corrected chi connectivity index (χ2v) is 9.08. The van der Waals surface area contributed by atoms with Crippen LogP contribution < -0.4 is 10.1 Å². The van der Waals surface area contributed by atoms with E-state index in [9.17, 15) is 18.0 Å². The Morgan fingerprint density at radius 3 is 2.19 bits per heavy atom. The lowest BCUT2D eigenvalue weighted by molar-refractivity contribution is -0.120. The lowest BCUT2D eigenvalue weighted by atomic mass is 9.97. The molecule has 1 aliphatic heterocycles. The zero-order chi connectivity index (χ0) is 22.4. The third kappa shape index (κ3) is 5.42. The molecular weight excluding hydrogens is 420 g/mol. The summed E-state index contributed by atoms with van der Waals surface area (Å²) in [6.07, 6.45) is 0.865. The normalized spacial score (nSPS) is 15.3. The van der Waals surface area contributed by atoms with Crippen LogP contribution in [0.5, 0.6) is 5.75 Å². The summed E-state index contributed by atoms with van der Waals surface area (Å²) in [6.45, 7) is 2.58. The first-order chi connectivity index (χ1) is 14.8. The van der Waals surface area contributed by atoms with E-state index in [1.165, 1.54) is 23.5 Å². The quantitative estimate of drug-likeness (QED) is 0.656. The van der Waals surface area contributed by atoms with Crippen LogP contribution in [-0.4, -0.2) is 51.4 Å². The number of hydrogen-bond acceptors (Lipinski definition) is 6. The number of amides is 1. The van der Waals surface area contributed by atoms with E-state index in [-0.39, 0.29) is 29.8 Å². The topological polar surface area (TPSA) is 102 Å². The fraction of sp³-hybridized carbons (Fsp3) is 0.364. The molecule has 166 valence electrons. The van der Waals surface area contributed by atoms with Gasteiger partial charge in [0.05, 0.1) is 24.2 Å². The second-order valence-electron chi connectivity index (χ2n) is 7.14. The van der Waals surface area contributed by atoms with Crippen molar-refractivity contribution in [3.63, 3.8) is 0 Å². The van der Waals surface area contributed by atoms with Crippen molar-refractivity contribution >= 4 is 27.6 Å². The van der Waals surface area contributed by atoms with Gasteiger partial charge in [-0.2, -0.15) is 4.31 Å². The van der Waals surface area contributed by atoms with Crippen LogP contribution in [0, 0.1) is 5.92 Å². The van der Waals surface area contributed by atoms with Crippen molar-refractivity contribution in [1.82, 2.24) is 4.31 Å². The number of anilines is 1. The average Bonchev–Trinajstić information content (AvgIpc) is 2.79. The van der Waals surface area contributed by atoms with Gasteiger partial charge in [0, 0.05) is 24.7 Å². The van der Waals surface area contributed by atoms with Crippen LogP contribution in [0.25, 0.3) is 0 Å². The summed E-state index contributed by atoms with van der Waals surface area (Å²) in [5.41, 5.74) is 0.989. The molecule has 1 fully saturated rings. The van der Waals surface area contributed by atoms with Crippen molar-refractivity contribution in [2.45, 2.75) is 24.7 Å². The molecule has 0 bridgehead atoms. The van der Waals surface area contributed by atoms with Crippen LogP contribution in [0.3, 0.4) is 0 Å². The van der Waals surface area contributed by atoms with E-state index in [1.807, 2.05) is 0 Å². The summed E-state index contributed by atoms with van der Waals surface area (Å²) in [7, 11) is -2.09. The predicted molar refractivity (Wildman–Crippen MR) is 116 cm³/mol. The maximum atomic E-state index is 12.8. The molecule has 0 aromatic heterocycles. The van der Waals surface area contributed by atoms with Crippen LogP contribution in [-0.2, 0) is 19.6 Å². The highest BCUT2D eigenvalue weighted by Crippen LogP contribution is 2.26. The number of rotatable bonds is 7. The molecule has 1 N–H and O–H groups in total. The molecule has 0 spiro atoms. The van der Waals surface area contributed by atoms with Gasteiger partial charge in [0.2, 0.25) is 15.9 Å². The van der Waals surface area contributed by atoms with E-state index in [2.05, 4.69) is 5.32 Å². The number of nitrogens with zero attached hydrogens (tertiary/aromatic N) is 1. The van der Waals surface area contributed by atoms with Gasteiger partial charge < -0.3 is 14.8 Å². The molecule has 0 radical (unpaired) electrons. The fourth-order valence-corrected chi connectivity index (χ4v) is 4.87. The Morgan fingerprint density at radius 1 is 1.03 bits per heavy atom. The number of piperidine rings is 1. The Hall–Kier alpha value is -2.91. The van der Waals surface area contributed by atoms with Gasteiger partial charge in [-0.3, -0.25) is 4.79 Å². The Balaban J connectivity index is 1.56. The van der Waals surface area contributed by atoms with Crippen LogP contribution in [0.4, 0.5) is 5.69 Å². The van der Waals surface area contributed by atoms with E-state index >= 15 is 0 Å². The largest absolute Gasteiger partial charge is 0.497 e. The van der Waals surface area contributed by atoms with Gasteiger partial charge in [0.1, 0.15) is 5.75 Å². The van der Waals surface area contributed by atoms with Gasteiger partial charge in [-0.05, 0) is 68.3 Å². The summed E-state index contributed by atoms with van der Waals surface area (Å²) >= 11 is 0. The van der Waals surface area contributed by atoms with E-state index in [4.69, 9.17) is 9.47 Å². The number of carbonyl (C=O) groups excluding carboxylic acids is 2. The van der Waals surface area contributed by atoms with E-state index in [1.54, 1.807) is 43.3 Å².